The van der Waals surface area contributed by atoms with Crippen molar-refractivity contribution in [2.24, 2.45) is 5.84 Å². The third kappa shape index (κ3) is 2.01. The number of nitrogens with zero attached hydrogens (tertiary/aromatic N) is 3. The number of nitrogens with one attached hydrogen (secondary N) is 1. The smallest absolute Gasteiger partial charge is 1.00 e. The molecule has 2 aromatic rings. The summed E-state index contributed by atoms with van der Waals surface area (Å²) in [5.74, 6) is 6.48. The molecule has 0 aliphatic carbocycles. The Hall–Kier alpha value is -1.59. The van der Waals surface area contributed by atoms with Crippen molar-refractivity contribution in [2.45, 2.75) is 0 Å². The first-order valence-electron chi connectivity index (χ1n) is 3.84. The van der Waals surface area contributed by atoms with E-state index < -0.39 is 0 Å². The fourth-order valence-electron chi connectivity index (χ4n) is 1.03. The molecule has 0 aromatic carbocycles. The Balaban J connectivity index is 0.000000980. The van der Waals surface area contributed by atoms with Gasteiger partial charge in [0.05, 0.1) is 0 Å². The van der Waals surface area contributed by atoms with Crippen molar-refractivity contribution in [1.29, 1.82) is 0 Å². The SMILES string of the molecule is NNc1ccc(-n2cccc2)nn1.[Cl-].[H+]. The molecule has 5 nitrogen and oxygen atoms in total. The van der Waals surface area contributed by atoms with Crippen LogP contribution in [-0.4, -0.2) is 14.8 Å². The standard InChI is InChI=1S/C8H9N5.ClH/c9-10-7-3-4-8(12-11-7)13-5-1-2-6-13;/h1-6H,9H2,(H,10,11);1H. The molecule has 0 atom stereocenters. The van der Waals surface area contributed by atoms with Gasteiger partial charge in [0, 0.05) is 12.4 Å². The number of nitrogens with two attached hydrogens (primary N) is 1. The van der Waals surface area contributed by atoms with Crippen molar-refractivity contribution in [3.8, 4) is 5.82 Å². The van der Waals surface area contributed by atoms with Gasteiger partial charge < -0.3 is 22.4 Å². The summed E-state index contributed by atoms with van der Waals surface area (Å²) in [5, 5.41) is 7.81. The van der Waals surface area contributed by atoms with Gasteiger partial charge in [-0.25, -0.2) is 5.84 Å². The maximum Gasteiger partial charge on any atom is 1.00 e. The van der Waals surface area contributed by atoms with Crippen molar-refractivity contribution < 1.29 is 13.8 Å². The summed E-state index contributed by atoms with van der Waals surface area (Å²) in [6.45, 7) is 0. The average Bonchev–Trinajstić information content (AvgIpc) is 2.71. The van der Waals surface area contributed by atoms with E-state index in [4.69, 9.17) is 5.84 Å². The van der Waals surface area contributed by atoms with E-state index in [0.717, 1.165) is 5.82 Å². The van der Waals surface area contributed by atoms with E-state index in [1.807, 2.05) is 35.2 Å². The number of hydrogen-bond donors (Lipinski definition) is 2. The van der Waals surface area contributed by atoms with Gasteiger partial charge >= 0.3 is 1.43 Å². The van der Waals surface area contributed by atoms with Crippen molar-refractivity contribution in [2.75, 3.05) is 5.43 Å². The highest BCUT2D eigenvalue weighted by Crippen LogP contribution is 2.05. The highest BCUT2D eigenvalue weighted by Gasteiger charge is 1.96. The minimum absolute atomic E-state index is 0. The maximum atomic E-state index is 5.16. The number of hydrogen-bond acceptors (Lipinski definition) is 4. The molecule has 2 aromatic heterocycles. The predicted molar refractivity (Wildman–Crippen MR) is 50.3 cm³/mol. The predicted octanol–water partition coefficient (Wildman–Crippen LogP) is -2.33. The molecule has 6 heteroatoms. The topological polar surface area (TPSA) is 68.8 Å². The van der Waals surface area contributed by atoms with Crippen LogP contribution in [0.4, 0.5) is 5.82 Å². The van der Waals surface area contributed by atoms with Crippen LogP contribution < -0.4 is 23.7 Å². The van der Waals surface area contributed by atoms with Crippen LogP contribution in [0.2, 0.25) is 0 Å². The van der Waals surface area contributed by atoms with Gasteiger partial charge in [0.1, 0.15) is 0 Å². The molecular weight excluding hydrogens is 202 g/mol. The van der Waals surface area contributed by atoms with Crippen LogP contribution >= 0.6 is 0 Å². The first-order valence-corrected chi connectivity index (χ1v) is 3.84. The molecule has 0 aliphatic rings. The van der Waals surface area contributed by atoms with Gasteiger partial charge in [0.15, 0.2) is 11.6 Å². The molecule has 2 heterocycles. The third-order valence-corrected chi connectivity index (χ3v) is 1.67. The molecule has 0 unspecified atom stereocenters. The molecule has 0 bridgehead atoms. The zero-order valence-electron chi connectivity index (χ0n) is 8.26. The third-order valence-electron chi connectivity index (χ3n) is 1.67. The summed E-state index contributed by atoms with van der Waals surface area (Å²) in [6, 6.07) is 7.46. The molecule has 3 N–H and O–H groups in total. The summed E-state index contributed by atoms with van der Waals surface area (Å²) >= 11 is 0. The molecule has 0 aliphatic heterocycles. The molecule has 2 rings (SSSR count). The monoisotopic (exact) mass is 211 g/mol. The van der Waals surface area contributed by atoms with E-state index in [-0.39, 0.29) is 13.8 Å². The molecular formula is C8H10ClN5. The lowest BCUT2D eigenvalue weighted by Gasteiger charge is -2.01. The van der Waals surface area contributed by atoms with Gasteiger partial charge in [-0.2, -0.15) is 0 Å². The maximum absolute atomic E-state index is 5.16. The number of nitrogen functional groups attached to an aromatic ring is 1. The van der Waals surface area contributed by atoms with E-state index in [1.165, 1.54) is 0 Å². The molecule has 0 radical (unpaired) electrons. The second kappa shape index (κ2) is 4.59. The lowest BCUT2D eigenvalue weighted by atomic mass is 10.5. The molecule has 0 fully saturated rings. The highest BCUT2D eigenvalue weighted by molar-refractivity contribution is 5.35. The number of aromatic nitrogens is 3. The quantitative estimate of drug-likeness (QED) is 0.432. The van der Waals surface area contributed by atoms with Crippen LogP contribution in [-0.2, 0) is 0 Å². The Bertz CT molecular complexity index is 374. The van der Waals surface area contributed by atoms with Crippen molar-refractivity contribution in [3.05, 3.63) is 36.7 Å². The molecule has 0 saturated heterocycles. The summed E-state index contributed by atoms with van der Waals surface area (Å²) in [4.78, 5) is 0. The second-order valence-corrected chi connectivity index (χ2v) is 2.51. The Morgan fingerprint density at radius 3 is 2.43 bits per heavy atom. The second-order valence-electron chi connectivity index (χ2n) is 2.51. The minimum atomic E-state index is 0. The number of anilines is 1. The average molecular weight is 212 g/mol. The van der Waals surface area contributed by atoms with E-state index in [2.05, 4.69) is 15.6 Å². The minimum Gasteiger partial charge on any atom is -1.00 e. The molecule has 14 heavy (non-hydrogen) atoms. The van der Waals surface area contributed by atoms with Crippen LogP contribution in [0.3, 0.4) is 0 Å². The Labute approximate surface area is 88.8 Å². The van der Waals surface area contributed by atoms with Gasteiger partial charge in [-0.15, -0.1) is 10.2 Å². The zero-order valence-corrected chi connectivity index (χ0v) is 8.02. The van der Waals surface area contributed by atoms with Crippen molar-refractivity contribution in [3.63, 3.8) is 0 Å². The number of halogens is 1. The van der Waals surface area contributed by atoms with Crippen LogP contribution in [0.1, 0.15) is 1.43 Å². The van der Waals surface area contributed by atoms with Gasteiger partial charge in [-0.1, -0.05) is 0 Å². The fraction of sp³-hybridized carbons (Fsp3) is 0. The molecule has 0 saturated carbocycles. The first-order chi connectivity index (χ1) is 6.40. The Morgan fingerprint density at radius 2 is 1.93 bits per heavy atom. The normalized spacial score (nSPS) is 9.21. The van der Waals surface area contributed by atoms with Gasteiger partial charge in [0.25, 0.3) is 0 Å². The van der Waals surface area contributed by atoms with E-state index >= 15 is 0 Å². The Kier molecular flexibility index (Phi) is 3.44. The van der Waals surface area contributed by atoms with E-state index in [9.17, 15) is 0 Å². The van der Waals surface area contributed by atoms with Gasteiger partial charge in [0.2, 0.25) is 0 Å². The highest BCUT2D eigenvalue weighted by atomic mass is 35.5. The van der Waals surface area contributed by atoms with Crippen LogP contribution in [0.5, 0.6) is 0 Å². The zero-order chi connectivity index (χ0) is 9.10. The lowest BCUT2D eigenvalue weighted by Crippen LogP contribution is -3.00. The van der Waals surface area contributed by atoms with Gasteiger partial charge in [-0.3, -0.25) is 0 Å². The lowest BCUT2D eigenvalue weighted by molar-refractivity contribution is -0.00000282. The van der Waals surface area contributed by atoms with Crippen LogP contribution in [0, 0.1) is 0 Å². The first kappa shape index (κ1) is 10.5. The van der Waals surface area contributed by atoms with Crippen molar-refractivity contribution in [1.82, 2.24) is 14.8 Å². The number of rotatable bonds is 2. The number of hydrazine groups is 1. The van der Waals surface area contributed by atoms with Gasteiger partial charge in [-0.05, 0) is 24.3 Å². The largest absolute Gasteiger partial charge is 1.00 e. The van der Waals surface area contributed by atoms with Crippen molar-refractivity contribution >= 4 is 5.82 Å². The summed E-state index contributed by atoms with van der Waals surface area (Å²) in [6.07, 6.45) is 3.80. The van der Waals surface area contributed by atoms with E-state index in [0.29, 0.717) is 5.82 Å². The van der Waals surface area contributed by atoms with Crippen LogP contribution in [0.25, 0.3) is 5.82 Å². The fourth-order valence-corrected chi connectivity index (χ4v) is 1.03. The van der Waals surface area contributed by atoms with E-state index in [1.54, 1.807) is 6.07 Å². The Morgan fingerprint density at radius 1 is 1.21 bits per heavy atom. The summed E-state index contributed by atoms with van der Waals surface area (Å²) in [5.41, 5.74) is 2.42. The van der Waals surface area contributed by atoms with Crippen LogP contribution in [0.15, 0.2) is 36.7 Å². The molecule has 0 spiro atoms. The molecule has 0 amide bonds. The summed E-state index contributed by atoms with van der Waals surface area (Å²) in [7, 11) is 0. The summed E-state index contributed by atoms with van der Waals surface area (Å²) < 4.78 is 1.87. The molecule has 74 valence electrons.